The third kappa shape index (κ3) is 2.54. The molecule has 3 nitrogen and oxygen atoms in total. The van der Waals surface area contributed by atoms with Crippen molar-refractivity contribution in [3.05, 3.63) is 21.4 Å². The molecule has 13 heavy (non-hydrogen) atoms. The fraction of sp³-hybridized carbons (Fsp3) is 0.444. The molecule has 1 aromatic heterocycles. The van der Waals surface area contributed by atoms with E-state index in [2.05, 4.69) is 24.5 Å². The van der Waals surface area contributed by atoms with E-state index < -0.39 is 0 Å². The van der Waals surface area contributed by atoms with Gasteiger partial charge < -0.3 is 11.1 Å². The van der Waals surface area contributed by atoms with Crippen LogP contribution in [-0.2, 0) is 11.3 Å². The lowest BCUT2D eigenvalue weighted by Crippen LogP contribution is -2.29. The van der Waals surface area contributed by atoms with Crippen LogP contribution < -0.4 is 11.1 Å². The zero-order valence-corrected chi connectivity index (χ0v) is 8.70. The Hall–Kier alpha value is -0.870. The van der Waals surface area contributed by atoms with E-state index in [1.807, 2.05) is 0 Å². The Morgan fingerprint density at radius 1 is 1.62 bits per heavy atom. The molecule has 0 bridgehead atoms. The van der Waals surface area contributed by atoms with Crippen molar-refractivity contribution in [3.8, 4) is 0 Å². The van der Waals surface area contributed by atoms with Crippen molar-refractivity contribution in [1.29, 1.82) is 0 Å². The van der Waals surface area contributed by atoms with Gasteiger partial charge in [0.25, 0.3) is 0 Å². The lowest BCUT2D eigenvalue weighted by molar-refractivity contribution is -0.119. The Morgan fingerprint density at radius 3 is 2.77 bits per heavy atom. The summed E-state index contributed by atoms with van der Waals surface area (Å²) in [4.78, 5) is 12.2. The van der Waals surface area contributed by atoms with E-state index in [1.54, 1.807) is 11.3 Å². The van der Waals surface area contributed by atoms with E-state index in [4.69, 9.17) is 5.73 Å². The van der Waals surface area contributed by atoms with E-state index in [-0.39, 0.29) is 12.5 Å². The van der Waals surface area contributed by atoms with Crippen LogP contribution >= 0.6 is 11.3 Å². The predicted octanol–water partition coefficient (Wildman–Crippen LogP) is 0.940. The first-order valence-corrected chi connectivity index (χ1v) is 5.03. The van der Waals surface area contributed by atoms with Crippen LogP contribution in [0.25, 0.3) is 0 Å². The number of hydrogen-bond donors (Lipinski definition) is 2. The zero-order chi connectivity index (χ0) is 9.84. The van der Waals surface area contributed by atoms with Gasteiger partial charge >= 0.3 is 0 Å². The van der Waals surface area contributed by atoms with Crippen LogP contribution in [-0.4, -0.2) is 12.5 Å². The Balaban J connectivity index is 2.55. The van der Waals surface area contributed by atoms with Crippen LogP contribution in [0.3, 0.4) is 0 Å². The van der Waals surface area contributed by atoms with Crippen molar-refractivity contribution < 1.29 is 4.79 Å². The van der Waals surface area contributed by atoms with Crippen molar-refractivity contribution >= 4 is 17.2 Å². The van der Waals surface area contributed by atoms with Crippen molar-refractivity contribution in [3.63, 3.8) is 0 Å². The minimum absolute atomic E-state index is 0.0577. The second-order valence-corrected chi connectivity index (χ2v) is 4.01. The molecule has 0 radical (unpaired) electrons. The third-order valence-electron chi connectivity index (χ3n) is 2.05. The first kappa shape index (κ1) is 10.2. The molecule has 1 aromatic rings. The normalized spacial score (nSPS) is 10.1. The molecule has 0 saturated heterocycles. The maximum Gasteiger partial charge on any atom is 0.234 e. The average molecular weight is 198 g/mol. The van der Waals surface area contributed by atoms with Gasteiger partial charge in [0.15, 0.2) is 0 Å². The van der Waals surface area contributed by atoms with Gasteiger partial charge in [-0.2, -0.15) is 0 Å². The topological polar surface area (TPSA) is 55.1 Å². The standard InChI is InChI=1S/C9H14N2OS/c1-6-7(2)13-5-8(6)4-11-9(12)3-10/h5H,3-4,10H2,1-2H3,(H,11,12). The molecule has 0 saturated carbocycles. The van der Waals surface area contributed by atoms with E-state index in [9.17, 15) is 4.79 Å². The molecular formula is C9H14N2OS. The van der Waals surface area contributed by atoms with Crippen molar-refractivity contribution in [1.82, 2.24) is 5.32 Å². The summed E-state index contributed by atoms with van der Waals surface area (Å²) in [5, 5.41) is 4.82. The monoisotopic (exact) mass is 198 g/mol. The van der Waals surface area contributed by atoms with Gasteiger partial charge in [0.05, 0.1) is 6.54 Å². The lowest BCUT2D eigenvalue weighted by Gasteiger charge is -2.02. The summed E-state index contributed by atoms with van der Waals surface area (Å²) in [6.45, 7) is 4.79. The molecule has 0 aromatic carbocycles. The molecule has 3 N–H and O–H groups in total. The van der Waals surface area contributed by atoms with Gasteiger partial charge in [-0.3, -0.25) is 4.79 Å². The highest BCUT2D eigenvalue weighted by Gasteiger charge is 2.04. The summed E-state index contributed by atoms with van der Waals surface area (Å²) in [6, 6.07) is 0. The van der Waals surface area contributed by atoms with Gasteiger partial charge in [0, 0.05) is 11.4 Å². The minimum Gasteiger partial charge on any atom is -0.351 e. The Labute approximate surface area is 81.9 Å². The van der Waals surface area contributed by atoms with Crippen LogP contribution in [0.5, 0.6) is 0 Å². The van der Waals surface area contributed by atoms with Crippen LogP contribution in [0.15, 0.2) is 5.38 Å². The quantitative estimate of drug-likeness (QED) is 0.759. The Kier molecular flexibility index (Phi) is 3.45. The summed E-state index contributed by atoms with van der Waals surface area (Å²) in [7, 11) is 0. The highest BCUT2D eigenvalue weighted by atomic mass is 32.1. The number of thiophene rings is 1. The number of carbonyl (C=O) groups excluding carboxylic acids is 1. The number of amides is 1. The van der Waals surface area contributed by atoms with E-state index in [1.165, 1.54) is 16.0 Å². The molecule has 4 heteroatoms. The largest absolute Gasteiger partial charge is 0.351 e. The second kappa shape index (κ2) is 4.39. The van der Waals surface area contributed by atoms with Gasteiger partial charge in [-0.25, -0.2) is 0 Å². The fourth-order valence-corrected chi connectivity index (χ4v) is 1.89. The fourth-order valence-electron chi connectivity index (χ4n) is 1.00. The van der Waals surface area contributed by atoms with Gasteiger partial charge in [-0.1, -0.05) is 0 Å². The van der Waals surface area contributed by atoms with Crippen LogP contribution in [0.2, 0.25) is 0 Å². The number of nitrogens with two attached hydrogens (primary N) is 1. The maximum atomic E-state index is 10.9. The highest BCUT2D eigenvalue weighted by molar-refractivity contribution is 7.10. The van der Waals surface area contributed by atoms with E-state index in [0.717, 1.165) is 0 Å². The van der Waals surface area contributed by atoms with E-state index in [0.29, 0.717) is 6.54 Å². The van der Waals surface area contributed by atoms with Crippen molar-refractivity contribution in [2.24, 2.45) is 5.73 Å². The molecule has 0 atom stereocenters. The molecule has 0 aliphatic rings. The lowest BCUT2D eigenvalue weighted by atomic mass is 10.2. The van der Waals surface area contributed by atoms with Crippen molar-refractivity contribution in [2.45, 2.75) is 20.4 Å². The molecule has 0 fully saturated rings. The summed E-state index contributed by atoms with van der Waals surface area (Å²) in [5.41, 5.74) is 7.62. The summed E-state index contributed by atoms with van der Waals surface area (Å²) in [6.07, 6.45) is 0. The molecule has 1 rings (SSSR count). The SMILES string of the molecule is Cc1scc(CNC(=O)CN)c1C. The van der Waals surface area contributed by atoms with Crippen LogP contribution in [0.4, 0.5) is 0 Å². The molecule has 0 aliphatic heterocycles. The minimum atomic E-state index is -0.108. The van der Waals surface area contributed by atoms with E-state index >= 15 is 0 Å². The van der Waals surface area contributed by atoms with Crippen LogP contribution in [0, 0.1) is 13.8 Å². The Morgan fingerprint density at radius 2 is 2.31 bits per heavy atom. The maximum absolute atomic E-state index is 10.9. The molecule has 1 heterocycles. The van der Waals surface area contributed by atoms with Crippen LogP contribution in [0.1, 0.15) is 16.0 Å². The molecule has 72 valence electrons. The molecule has 0 aliphatic carbocycles. The smallest absolute Gasteiger partial charge is 0.234 e. The zero-order valence-electron chi connectivity index (χ0n) is 7.89. The van der Waals surface area contributed by atoms with Gasteiger partial charge in [0.2, 0.25) is 5.91 Å². The average Bonchev–Trinajstić information content (AvgIpc) is 2.44. The summed E-state index contributed by atoms with van der Waals surface area (Å²) in [5.74, 6) is -0.108. The first-order valence-electron chi connectivity index (χ1n) is 4.15. The Bertz CT molecular complexity index is 307. The molecule has 0 spiro atoms. The third-order valence-corrected chi connectivity index (χ3v) is 3.11. The molecular weight excluding hydrogens is 184 g/mol. The number of rotatable bonds is 3. The number of carbonyl (C=O) groups is 1. The summed E-state index contributed by atoms with van der Waals surface area (Å²) >= 11 is 1.71. The van der Waals surface area contributed by atoms with Crippen molar-refractivity contribution in [2.75, 3.05) is 6.54 Å². The number of nitrogens with one attached hydrogen (secondary N) is 1. The molecule has 0 unspecified atom stereocenters. The first-order chi connectivity index (χ1) is 6.15. The summed E-state index contributed by atoms with van der Waals surface area (Å²) < 4.78 is 0. The number of aryl methyl sites for hydroxylation is 1. The van der Waals surface area contributed by atoms with Gasteiger partial charge in [0.1, 0.15) is 0 Å². The number of hydrogen-bond acceptors (Lipinski definition) is 3. The van der Waals surface area contributed by atoms with Gasteiger partial charge in [-0.15, -0.1) is 11.3 Å². The molecule has 1 amide bonds. The van der Waals surface area contributed by atoms with Gasteiger partial charge in [-0.05, 0) is 30.4 Å². The predicted molar refractivity (Wildman–Crippen MR) is 54.7 cm³/mol. The second-order valence-electron chi connectivity index (χ2n) is 2.92. The highest BCUT2D eigenvalue weighted by Crippen LogP contribution is 2.19.